The minimum absolute atomic E-state index is 0.0291. The van der Waals surface area contributed by atoms with Gasteiger partial charge in [-0.3, -0.25) is 4.90 Å². The fourth-order valence-electron chi connectivity index (χ4n) is 3.76. The lowest BCUT2D eigenvalue weighted by Crippen LogP contribution is -2.48. The van der Waals surface area contributed by atoms with E-state index in [9.17, 15) is 8.42 Å². The first-order chi connectivity index (χ1) is 14.3. The minimum Gasteiger partial charge on any atom is -0.378 e. The Morgan fingerprint density at radius 2 is 1.60 bits per heavy atom. The van der Waals surface area contributed by atoms with Crippen molar-refractivity contribution in [1.29, 1.82) is 0 Å². The second-order valence-electron chi connectivity index (χ2n) is 8.24. The van der Waals surface area contributed by atoms with Crippen LogP contribution >= 0.6 is 0 Å². The average Bonchev–Trinajstić information content (AvgIpc) is 2.75. The molecule has 0 radical (unpaired) electrons. The van der Waals surface area contributed by atoms with Gasteiger partial charge in [-0.25, -0.2) is 13.1 Å². The van der Waals surface area contributed by atoms with E-state index in [1.807, 2.05) is 44.4 Å². The number of likely N-dealkylation sites (N-methyl/N-ethyl adjacent to an activating group) is 1. The molecule has 7 heteroatoms. The highest BCUT2D eigenvalue weighted by Gasteiger charge is 2.25. The maximum absolute atomic E-state index is 12.7. The average molecular weight is 431 g/mol. The summed E-state index contributed by atoms with van der Waals surface area (Å²) in [6.45, 7) is 4.24. The van der Waals surface area contributed by atoms with Crippen molar-refractivity contribution in [2.24, 2.45) is 0 Å². The molecule has 1 aliphatic rings. The van der Waals surface area contributed by atoms with E-state index in [-0.39, 0.29) is 11.8 Å². The molecule has 1 N–H and O–H groups in total. The molecule has 0 unspecified atom stereocenters. The van der Waals surface area contributed by atoms with Crippen LogP contribution in [0.3, 0.4) is 0 Å². The predicted octanol–water partition coefficient (Wildman–Crippen LogP) is 2.20. The minimum atomic E-state index is -3.35. The van der Waals surface area contributed by atoms with Gasteiger partial charge in [0, 0.05) is 58.5 Å². The molecule has 0 aliphatic carbocycles. The molecule has 1 heterocycles. The molecule has 1 saturated heterocycles. The first kappa shape index (κ1) is 22.7. The number of anilines is 1. The topological polar surface area (TPSA) is 55.9 Å². The zero-order valence-corrected chi connectivity index (χ0v) is 19.1. The van der Waals surface area contributed by atoms with Crippen LogP contribution in [0.15, 0.2) is 54.6 Å². The van der Waals surface area contributed by atoms with Crippen molar-refractivity contribution in [2.45, 2.75) is 12.5 Å². The number of aryl methyl sites for hydroxylation is 1. The fraction of sp³-hybridized carbons (Fsp3) is 0.478. The molecule has 1 aliphatic heterocycles. The number of sulfonamides is 1. The Morgan fingerprint density at radius 1 is 0.967 bits per heavy atom. The van der Waals surface area contributed by atoms with Gasteiger partial charge in [-0.15, -0.1) is 0 Å². The first-order valence-corrected chi connectivity index (χ1v) is 12.2. The molecule has 0 bridgehead atoms. The van der Waals surface area contributed by atoms with Gasteiger partial charge in [0.1, 0.15) is 0 Å². The highest BCUT2D eigenvalue weighted by Crippen LogP contribution is 2.24. The quantitative estimate of drug-likeness (QED) is 0.661. The van der Waals surface area contributed by atoms with Crippen LogP contribution in [0.25, 0.3) is 0 Å². The Morgan fingerprint density at radius 3 is 2.20 bits per heavy atom. The molecule has 0 aromatic heterocycles. The predicted molar refractivity (Wildman–Crippen MR) is 125 cm³/mol. The van der Waals surface area contributed by atoms with Gasteiger partial charge in [0.25, 0.3) is 0 Å². The first-order valence-electron chi connectivity index (χ1n) is 10.6. The Balaban J connectivity index is 1.68. The normalized spacial score (nSPS) is 17.0. The summed E-state index contributed by atoms with van der Waals surface area (Å²) in [7, 11) is 2.82. The van der Waals surface area contributed by atoms with Crippen LogP contribution < -0.4 is 9.62 Å². The molecule has 1 atom stereocenters. The van der Waals surface area contributed by atoms with Crippen molar-refractivity contribution in [1.82, 2.24) is 14.5 Å². The molecule has 0 saturated carbocycles. The summed E-state index contributed by atoms with van der Waals surface area (Å²) in [5, 5.41) is 0. The smallest absolute Gasteiger partial charge is 0.211 e. The van der Waals surface area contributed by atoms with E-state index >= 15 is 0 Å². The summed E-state index contributed by atoms with van der Waals surface area (Å²) in [6, 6.07) is 18.2. The summed E-state index contributed by atoms with van der Waals surface area (Å²) in [5.41, 5.74) is 3.33. The fourth-order valence-corrected chi connectivity index (χ4v) is 4.82. The molecule has 2 aromatic rings. The Kier molecular flexibility index (Phi) is 7.88. The summed E-state index contributed by atoms with van der Waals surface area (Å²) in [4.78, 5) is 6.78. The number of hydrogen-bond donors (Lipinski definition) is 1. The molecule has 30 heavy (non-hydrogen) atoms. The van der Waals surface area contributed by atoms with Gasteiger partial charge in [-0.2, -0.15) is 0 Å². The van der Waals surface area contributed by atoms with Crippen LogP contribution in [0.1, 0.15) is 17.2 Å². The van der Waals surface area contributed by atoms with Crippen molar-refractivity contribution < 1.29 is 8.42 Å². The lowest BCUT2D eigenvalue weighted by Gasteiger charge is -2.38. The van der Waals surface area contributed by atoms with Gasteiger partial charge in [0.15, 0.2) is 0 Å². The molecule has 3 rings (SSSR count). The number of nitrogens with zero attached hydrogens (tertiary/aromatic N) is 3. The largest absolute Gasteiger partial charge is 0.378 e. The maximum Gasteiger partial charge on any atom is 0.211 e. The van der Waals surface area contributed by atoms with Crippen molar-refractivity contribution in [3.05, 3.63) is 65.7 Å². The van der Waals surface area contributed by atoms with E-state index in [0.29, 0.717) is 13.0 Å². The summed E-state index contributed by atoms with van der Waals surface area (Å²) in [5.74, 6) is 0.103. The van der Waals surface area contributed by atoms with Crippen LogP contribution in [0.5, 0.6) is 0 Å². The van der Waals surface area contributed by atoms with Gasteiger partial charge in [0.2, 0.25) is 10.0 Å². The van der Waals surface area contributed by atoms with E-state index in [4.69, 9.17) is 0 Å². The van der Waals surface area contributed by atoms with E-state index in [1.165, 1.54) is 0 Å². The molecular weight excluding hydrogens is 396 g/mol. The van der Waals surface area contributed by atoms with Crippen molar-refractivity contribution in [3.8, 4) is 0 Å². The zero-order valence-electron chi connectivity index (χ0n) is 18.3. The Bertz CT molecular complexity index is 877. The summed E-state index contributed by atoms with van der Waals surface area (Å²) in [6.07, 6.45) is 0.521. The molecule has 2 aromatic carbocycles. The third kappa shape index (κ3) is 6.54. The van der Waals surface area contributed by atoms with E-state index in [0.717, 1.165) is 43.0 Å². The lowest BCUT2D eigenvalue weighted by atomic mass is 10.0. The van der Waals surface area contributed by atoms with E-state index < -0.39 is 10.0 Å². The molecule has 1 fully saturated rings. The number of benzene rings is 2. The molecular formula is C23H34N4O2S. The molecule has 6 nitrogen and oxygen atoms in total. The molecule has 0 amide bonds. The standard InChI is InChI=1S/C23H34N4O2S/c1-25(2)22-11-9-21(10-12-22)23(27-16-14-26(3)15-17-27)19-24-30(28,29)18-13-20-7-5-4-6-8-20/h4-12,23-24H,13-19H2,1-3H3/t23-/m0/s1. The number of hydrogen-bond acceptors (Lipinski definition) is 5. The lowest BCUT2D eigenvalue weighted by molar-refractivity contribution is 0.113. The van der Waals surface area contributed by atoms with Crippen LogP contribution in [0.2, 0.25) is 0 Å². The zero-order chi connectivity index (χ0) is 21.6. The third-order valence-corrected chi connectivity index (χ3v) is 7.12. The summed E-state index contributed by atoms with van der Waals surface area (Å²) >= 11 is 0. The SMILES string of the molecule is CN1CCN([C@@H](CNS(=O)(=O)CCc2ccccc2)c2ccc(N(C)C)cc2)CC1. The third-order valence-electron chi connectivity index (χ3n) is 5.77. The van der Waals surface area contributed by atoms with Gasteiger partial charge in [-0.05, 0) is 36.7 Å². The van der Waals surface area contributed by atoms with E-state index in [1.54, 1.807) is 0 Å². The van der Waals surface area contributed by atoms with Crippen molar-refractivity contribution in [2.75, 3.05) is 64.5 Å². The number of rotatable bonds is 9. The van der Waals surface area contributed by atoms with Crippen LogP contribution in [-0.2, 0) is 16.4 Å². The second kappa shape index (κ2) is 10.4. The second-order valence-corrected chi connectivity index (χ2v) is 10.2. The van der Waals surface area contributed by atoms with Gasteiger partial charge >= 0.3 is 0 Å². The van der Waals surface area contributed by atoms with Crippen molar-refractivity contribution in [3.63, 3.8) is 0 Å². The monoisotopic (exact) mass is 430 g/mol. The van der Waals surface area contributed by atoms with Crippen LogP contribution in [0.4, 0.5) is 5.69 Å². The Hall–Kier alpha value is -1.93. The highest BCUT2D eigenvalue weighted by atomic mass is 32.2. The maximum atomic E-state index is 12.7. The van der Waals surface area contributed by atoms with Gasteiger partial charge < -0.3 is 9.80 Å². The summed E-state index contributed by atoms with van der Waals surface area (Å²) < 4.78 is 28.2. The van der Waals surface area contributed by atoms with Crippen LogP contribution in [0, 0.1) is 0 Å². The van der Waals surface area contributed by atoms with Crippen molar-refractivity contribution >= 4 is 15.7 Å². The number of piperazine rings is 1. The van der Waals surface area contributed by atoms with E-state index in [2.05, 4.69) is 50.7 Å². The molecule has 164 valence electrons. The van der Waals surface area contributed by atoms with Crippen LogP contribution in [-0.4, -0.2) is 77.8 Å². The Labute approximate surface area is 181 Å². The number of nitrogens with one attached hydrogen (secondary N) is 1. The highest BCUT2D eigenvalue weighted by molar-refractivity contribution is 7.89. The van der Waals surface area contributed by atoms with Gasteiger partial charge in [0.05, 0.1) is 5.75 Å². The van der Waals surface area contributed by atoms with Gasteiger partial charge in [-0.1, -0.05) is 42.5 Å². The molecule has 0 spiro atoms.